The molecule has 1 heterocycles. The lowest BCUT2D eigenvalue weighted by Gasteiger charge is -2.24. The Bertz CT molecular complexity index is 1230. The normalized spacial score (nSPS) is 14.8. The van der Waals surface area contributed by atoms with Crippen molar-refractivity contribution in [1.82, 2.24) is 5.32 Å². The molecule has 1 aliphatic rings. The van der Waals surface area contributed by atoms with Gasteiger partial charge in [-0.2, -0.15) is 0 Å². The molecule has 0 aromatic heterocycles. The van der Waals surface area contributed by atoms with E-state index in [2.05, 4.69) is 5.32 Å². The van der Waals surface area contributed by atoms with Crippen molar-refractivity contribution in [3.8, 4) is 0 Å². The van der Waals surface area contributed by atoms with Crippen LogP contribution in [-0.2, 0) is 9.84 Å². The zero-order valence-corrected chi connectivity index (χ0v) is 16.3. The molecule has 0 saturated carbocycles. The van der Waals surface area contributed by atoms with Crippen LogP contribution in [0.3, 0.4) is 0 Å². The first-order valence-electron chi connectivity index (χ1n) is 9.06. The summed E-state index contributed by atoms with van der Waals surface area (Å²) < 4.78 is 26.7. The van der Waals surface area contributed by atoms with Gasteiger partial charge in [0.15, 0.2) is 9.84 Å². The van der Waals surface area contributed by atoms with E-state index in [0.717, 1.165) is 10.9 Å². The molecule has 3 aromatic carbocycles. The third-order valence-electron chi connectivity index (χ3n) is 5.22. The molecular weight excluding hydrogens is 374 g/mol. The molecule has 3 aromatic rings. The summed E-state index contributed by atoms with van der Waals surface area (Å²) in [6.07, 6.45) is 0.304. The summed E-state index contributed by atoms with van der Waals surface area (Å²) in [7, 11) is -3.71. The van der Waals surface area contributed by atoms with Crippen molar-refractivity contribution in [3.05, 3.63) is 76.9 Å². The minimum Gasteiger partial charge on any atom is -0.288 e. The van der Waals surface area contributed by atoms with Crippen LogP contribution in [0.4, 0.5) is 0 Å². The molecule has 0 saturated heterocycles. The summed E-state index contributed by atoms with van der Waals surface area (Å²) in [5, 5.41) is 2.71. The van der Waals surface area contributed by atoms with Crippen LogP contribution < -0.4 is 5.32 Å². The first-order valence-corrected chi connectivity index (χ1v) is 10.6. The van der Waals surface area contributed by atoms with Crippen LogP contribution in [0.5, 0.6) is 0 Å². The number of imide groups is 1. The van der Waals surface area contributed by atoms with Gasteiger partial charge in [-0.05, 0) is 42.5 Å². The first kappa shape index (κ1) is 18.4. The van der Waals surface area contributed by atoms with E-state index in [1.165, 1.54) is 0 Å². The molecule has 142 valence electrons. The van der Waals surface area contributed by atoms with Gasteiger partial charge in [0.25, 0.3) is 11.8 Å². The van der Waals surface area contributed by atoms with Gasteiger partial charge in [-0.1, -0.05) is 48.9 Å². The SMILES string of the molecule is CCC(c1ccc2cccc3c2c1C(=O)NC3=O)S(=O)(=O)c1ccc(C)cc1. The third-order valence-corrected chi connectivity index (χ3v) is 7.48. The van der Waals surface area contributed by atoms with Crippen LogP contribution in [-0.4, -0.2) is 20.2 Å². The molecular formula is C22H19NO4S. The summed E-state index contributed by atoms with van der Waals surface area (Å²) in [5.74, 6) is -1.02. The van der Waals surface area contributed by atoms with E-state index in [9.17, 15) is 18.0 Å². The molecule has 1 N–H and O–H groups in total. The van der Waals surface area contributed by atoms with Gasteiger partial charge < -0.3 is 0 Å². The molecule has 0 fully saturated rings. The number of carbonyl (C=O) groups excluding carboxylic acids is 2. The zero-order chi connectivity index (χ0) is 20.1. The Morgan fingerprint density at radius 1 is 0.929 bits per heavy atom. The highest BCUT2D eigenvalue weighted by molar-refractivity contribution is 7.91. The topological polar surface area (TPSA) is 80.3 Å². The van der Waals surface area contributed by atoms with E-state index in [4.69, 9.17) is 0 Å². The largest absolute Gasteiger partial charge is 0.288 e. The summed E-state index contributed by atoms with van der Waals surface area (Å²) in [5.41, 5.74) is 2.05. The third kappa shape index (κ3) is 2.72. The van der Waals surface area contributed by atoms with Crippen molar-refractivity contribution in [2.75, 3.05) is 0 Å². The highest BCUT2D eigenvalue weighted by Gasteiger charge is 2.34. The molecule has 4 rings (SSSR count). The standard InChI is InChI=1S/C22H19NO4S/c1-3-18(28(26,27)15-10-7-13(2)8-11-15)16-12-9-14-5-4-6-17-19(14)20(16)22(25)23-21(17)24/h4-12,18H,3H2,1-2H3,(H,23,24,25). The van der Waals surface area contributed by atoms with Crippen LogP contribution in [0, 0.1) is 6.92 Å². The number of rotatable bonds is 4. The molecule has 1 unspecified atom stereocenters. The zero-order valence-electron chi connectivity index (χ0n) is 15.5. The van der Waals surface area contributed by atoms with Crippen molar-refractivity contribution in [1.29, 1.82) is 0 Å². The maximum atomic E-state index is 13.4. The second-order valence-corrected chi connectivity index (χ2v) is 9.10. The lowest BCUT2D eigenvalue weighted by molar-refractivity contribution is 0.0844. The minimum absolute atomic E-state index is 0.220. The molecule has 1 atom stereocenters. The van der Waals surface area contributed by atoms with Gasteiger partial charge in [0.1, 0.15) is 0 Å². The van der Waals surface area contributed by atoms with Gasteiger partial charge in [0.05, 0.1) is 15.7 Å². The lowest BCUT2D eigenvalue weighted by Crippen LogP contribution is -2.36. The Kier molecular flexibility index (Phi) is 4.31. The van der Waals surface area contributed by atoms with Crippen LogP contribution in [0.2, 0.25) is 0 Å². The summed E-state index contributed by atoms with van der Waals surface area (Å²) in [6.45, 7) is 3.68. The molecule has 0 bridgehead atoms. The number of aryl methyl sites for hydroxylation is 1. The Morgan fingerprint density at radius 2 is 1.64 bits per heavy atom. The molecule has 0 radical (unpaired) electrons. The Balaban J connectivity index is 1.98. The molecule has 1 aliphatic heterocycles. The minimum atomic E-state index is -3.71. The van der Waals surface area contributed by atoms with Gasteiger partial charge in [-0.15, -0.1) is 0 Å². The van der Waals surface area contributed by atoms with Gasteiger partial charge in [0, 0.05) is 10.9 Å². The average Bonchev–Trinajstić information content (AvgIpc) is 2.67. The van der Waals surface area contributed by atoms with E-state index in [-0.39, 0.29) is 10.5 Å². The van der Waals surface area contributed by atoms with E-state index < -0.39 is 26.9 Å². The van der Waals surface area contributed by atoms with Gasteiger partial charge in [0.2, 0.25) is 0 Å². The van der Waals surface area contributed by atoms with E-state index in [0.29, 0.717) is 22.9 Å². The second kappa shape index (κ2) is 6.56. The van der Waals surface area contributed by atoms with Crippen LogP contribution in [0.1, 0.15) is 50.4 Å². The second-order valence-electron chi connectivity index (χ2n) is 6.97. The van der Waals surface area contributed by atoms with E-state index in [1.54, 1.807) is 55.5 Å². The Morgan fingerprint density at radius 3 is 2.32 bits per heavy atom. The van der Waals surface area contributed by atoms with Crippen LogP contribution in [0.15, 0.2) is 59.5 Å². The number of carbonyl (C=O) groups is 2. The average molecular weight is 393 g/mol. The number of nitrogens with one attached hydrogen (secondary N) is 1. The summed E-state index contributed by atoms with van der Waals surface area (Å²) in [4.78, 5) is 25.2. The van der Waals surface area contributed by atoms with E-state index >= 15 is 0 Å². The quantitative estimate of drug-likeness (QED) is 0.681. The number of sulfone groups is 1. The van der Waals surface area contributed by atoms with Crippen molar-refractivity contribution < 1.29 is 18.0 Å². The van der Waals surface area contributed by atoms with Gasteiger partial charge >= 0.3 is 0 Å². The van der Waals surface area contributed by atoms with Crippen molar-refractivity contribution in [2.24, 2.45) is 0 Å². The molecule has 2 amide bonds. The van der Waals surface area contributed by atoms with Gasteiger partial charge in [-0.25, -0.2) is 8.42 Å². The summed E-state index contributed by atoms with van der Waals surface area (Å²) in [6, 6.07) is 15.4. The lowest BCUT2D eigenvalue weighted by atomic mass is 9.90. The first-order chi connectivity index (χ1) is 13.3. The van der Waals surface area contributed by atoms with Crippen molar-refractivity contribution in [3.63, 3.8) is 0 Å². The predicted molar refractivity (Wildman–Crippen MR) is 107 cm³/mol. The molecule has 0 spiro atoms. The fraction of sp³-hybridized carbons (Fsp3) is 0.182. The number of amides is 2. The Labute approximate surface area is 163 Å². The number of benzene rings is 3. The summed E-state index contributed by atoms with van der Waals surface area (Å²) >= 11 is 0. The fourth-order valence-corrected chi connectivity index (χ4v) is 5.64. The van der Waals surface area contributed by atoms with E-state index in [1.807, 2.05) is 13.0 Å². The van der Waals surface area contributed by atoms with Crippen molar-refractivity contribution >= 4 is 32.4 Å². The van der Waals surface area contributed by atoms with Crippen LogP contribution >= 0.6 is 0 Å². The maximum Gasteiger partial charge on any atom is 0.259 e. The van der Waals surface area contributed by atoms with Crippen LogP contribution in [0.25, 0.3) is 10.8 Å². The number of hydrogen-bond donors (Lipinski definition) is 1. The fourth-order valence-electron chi connectivity index (χ4n) is 3.83. The Hall–Kier alpha value is -2.99. The highest BCUT2D eigenvalue weighted by atomic mass is 32.2. The monoisotopic (exact) mass is 393 g/mol. The molecule has 6 heteroatoms. The molecule has 28 heavy (non-hydrogen) atoms. The predicted octanol–water partition coefficient (Wildman–Crippen LogP) is 3.96. The smallest absolute Gasteiger partial charge is 0.259 e. The molecule has 0 aliphatic carbocycles. The molecule has 5 nitrogen and oxygen atoms in total. The highest BCUT2D eigenvalue weighted by Crippen LogP contribution is 2.38. The van der Waals surface area contributed by atoms with Gasteiger partial charge in [-0.3, -0.25) is 14.9 Å². The number of hydrogen-bond acceptors (Lipinski definition) is 4. The maximum absolute atomic E-state index is 13.4. The van der Waals surface area contributed by atoms with Crippen molar-refractivity contribution in [2.45, 2.75) is 30.4 Å².